The fourth-order valence-corrected chi connectivity index (χ4v) is 4.89. The van der Waals surface area contributed by atoms with Crippen molar-refractivity contribution in [2.45, 2.75) is 11.8 Å². The zero-order chi connectivity index (χ0) is 23.3. The third kappa shape index (κ3) is 5.78. The Labute approximate surface area is 194 Å². The molecule has 1 heterocycles. The van der Waals surface area contributed by atoms with Crippen LogP contribution in [0.5, 0.6) is 5.75 Å². The number of benzene rings is 3. The Balaban J connectivity index is 1.30. The second-order valence-electron chi connectivity index (χ2n) is 7.77. The highest BCUT2D eigenvalue weighted by Crippen LogP contribution is 2.23. The predicted molar refractivity (Wildman–Crippen MR) is 127 cm³/mol. The molecular weight excluding hydrogens is 440 g/mol. The number of sulfonamides is 1. The number of amides is 1. The first-order valence-electron chi connectivity index (χ1n) is 10.7. The lowest BCUT2D eigenvalue weighted by Crippen LogP contribution is -2.40. The molecule has 0 radical (unpaired) electrons. The molecular formula is C25H26N2O5S. The Morgan fingerprint density at radius 2 is 1.48 bits per heavy atom. The summed E-state index contributed by atoms with van der Waals surface area (Å²) in [5, 5.41) is 2.72. The topological polar surface area (TPSA) is 84.9 Å². The van der Waals surface area contributed by atoms with E-state index in [1.807, 2.05) is 31.2 Å². The summed E-state index contributed by atoms with van der Waals surface area (Å²) in [7, 11) is -3.56. The average Bonchev–Trinajstić information content (AvgIpc) is 2.84. The number of hydrogen-bond acceptors (Lipinski definition) is 5. The minimum atomic E-state index is -3.56. The van der Waals surface area contributed by atoms with E-state index in [1.54, 1.807) is 12.1 Å². The van der Waals surface area contributed by atoms with Gasteiger partial charge in [0.25, 0.3) is 5.91 Å². The number of carbonyl (C=O) groups excluding carboxylic acids is 1. The molecule has 3 aromatic carbocycles. The molecule has 1 aliphatic rings. The van der Waals surface area contributed by atoms with Gasteiger partial charge in [0, 0.05) is 18.8 Å². The molecule has 1 fully saturated rings. The van der Waals surface area contributed by atoms with Crippen LogP contribution >= 0.6 is 0 Å². The highest BCUT2D eigenvalue weighted by atomic mass is 32.2. The highest BCUT2D eigenvalue weighted by Gasteiger charge is 2.26. The average molecular weight is 467 g/mol. The van der Waals surface area contributed by atoms with E-state index >= 15 is 0 Å². The van der Waals surface area contributed by atoms with Crippen LogP contribution in [0.15, 0.2) is 77.7 Å². The van der Waals surface area contributed by atoms with Crippen LogP contribution in [0.25, 0.3) is 11.1 Å². The molecule has 0 bridgehead atoms. The standard InChI is InChI=1S/C25H26N2O5S/c1-19-2-4-20(5-3-19)21-6-10-23(11-7-21)32-18-25(28)26-22-8-12-24(13-9-22)33(29,30)27-14-16-31-17-15-27/h2-13H,14-18H2,1H3,(H,26,28). The number of nitrogens with zero attached hydrogens (tertiary/aromatic N) is 1. The number of nitrogens with one attached hydrogen (secondary N) is 1. The van der Waals surface area contributed by atoms with E-state index in [2.05, 4.69) is 29.6 Å². The fourth-order valence-electron chi connectivity index (χ4n) is 3.48. The molecule has 0 aliphatic carbocycles. The summed E-state index contributed by atoms with van der Waals surface area (Å²) in [5.74, 6) is 0.259. The summed E-state index contributed by atoms with van der Waals surface area (Å²) in [6, 6.07) is 21.9. The molecule has 0 saturated carbocycles. The number of rotatable bonds is 7. The number of hydrogen-bond donors (Lipinski definition) is 1. The van der Waals surface area contributed by atoms with Crippen molar-refractivity contribution < 1.29 is 22.7 Å². The van der Waals surface area contributed by atoms with Crippen LogP contribution in [0.1, 0.15) is 5.56 Å². The first-order chi connectivity index (χ1) is 15.9. The molecule has 8 heteroatoms. The molecule has 0 atom stereocenters. The van der Waals surface area contributed by atoms with Crippen LogP contribution in [-0.2, 0) is 19.6 Å². The third-order valence-corrected chi connectivity index (χ3v) is 7.27. The molecule has 0 spiro atoms. The zero-order valence-electron chi connectivity index (χ0n) is 18.4. The Morgan fingerprint density at radius 3 is 2.09 bits per heavy atom. The molecule has 1 aliphatic heterocycles. The lowest BCUT2D eigenvalue weighted by atomic mass is 10.0. The lowest BCUT2D eigenvalue weighted by Gasteiger charge is -2.26. The summed E-state index contributed by atoms with van der Waals surface area (Å²) in [4.78, 5) is 12.4. The summed E-state index contributed by atoms with van der Waals surface area (Å²) in [5.41, 5.74) is 3.89. The Bertz CT molecular complexity index is 1190. The highest BCUT2D eigenvalue weighted by molar-refractivity contribution is 7.89. The minimum absolute atomic E-state index is 0.155. The molecule has 7 nitrogen and oxygen atoms in total. The summed E-state index contributed by atoms with van der Waals surface area (Å²) in [6.45, 7) is 3.35. The number of ether oxygens (including phenoxy) is 2. The first kappa shape index (κ1) is 23.0. The van der Waals surface area contributed by atoms with Crippen LogP contribution in [0.3, 0.4) is 0 Å². The van der Waals surface area contributed by atoms with E-state index in [0.29, 0.717) is 37.7 Å². The van der Waals surface area contributed by atoms with Crippen LogP contribution in [0, 0.1) is 6.92 Å². The smallest absolute Gasteiger partial charge is 0.262 e. The molecule has 1 saturated heterocycles. The van der Waals surface area contributed by atoms with Crippen molar-refractivity contribution in [1.82, 2.24) is 4.31 Å². The molecule has 3 aromatic rings. The molecule has 1 N–H and O–H groups in total. The van der Waals surface area contributed by atoms with Crippen molar-refractivity contribution in [1.29, 1.82) is 0 Å². The second-order valence-corrected chi connectivity index (χ2v) is 9.71. The normalized spacial score (nSPS) is 14.6. The second kappa shape index (κ2) is 10.2. The Kier molecular flexibility index (Phi) is 7.08. The van der Waals surface area contributed by atoms with Crippen LogP contribution in [0.4, 0.5) is 5.69 Å². The lowest BCUT2D eigenvalue weighted by molar-refractivity contribution is -0.118. The van der Waals surface area contributed by atoms with Crippen LogP contribution in [0.2, 0.25) is 0 Å². The van der Waals surface area contributed by atoms with Gasteiger partial charge < -0.3 is 14.8 Å². The number of anilines is 1. The Hall–Kier alpha value is -3.20. The molecule has 4 rings (SSSR count). The number of carbonyl (C=O) groups is 1. The van der Waals surface area contributed by atoms with Gasteiger partial charge in [-0.05, 0) is 54.4 Å². The van der Waals surface area contributed by atoms with Gasteiger partial charge in [0.15, 0.2) is 6.61 Å². The van der Waals surface area contributed by atoms with Crippen molar-refractivity contribution in [3.63, 3.8) is 0 Å². The van der Waals surface area contributed by atoms with Crippen LogP contribution < -0.4 is 10.1 Å². The minimum Gasteiger partial charge on any atom is -0.484 e. The summed E-state index contributed by atoms with van der Waals surface area (Å²) >= 11 is 0. The van der Waals surface area contributed by atoms with Gasteiger partial charge in [-0.1, -0.05) is 42.0 Å². The maximum atomic E-state index is 12.7. The molecule has 0 unspecified atom stereocenters. The van der Waals surface area contributed by atoms with Gasteiger partial charge in [0.05, 0.1) is 18.1 Å². The van der Waals surface area contributed by atoms with Gasteiger partial charge in [-0.3, -0.25) is 4.79 Å². The zero-order valence-corrected chi connectivity index (χ0v) is 19.2. The van der Waals surface area contributed by atoms with Gasteiger partial charge in [0.2, 0.25) is 10.0 Å². The number of morpholine rings is 1. The summed E-state index contributed by atoms with van der Waals surface area (Å²) in [6.07, 6.45) is 0. The van der Waals surface area contributed by atoms with Gasteiger partial charge in [0.1, 0.15) is 5.75 Å². The van der Waals surface area contributed by atoms with E-state index in [4.69, 9.17) is 9.47 Å². The predicted octanol–water partition coefficient (Wildman–Crippen LogP) is 3.70. The van der Waals surface area contributed by atoms with Gasteiger partial charge in [-0.25, -0.2) is 8.42 Å². The van der Waals surface area contributed by atoms with Crippen molar-refractivity contribution in [2.75, 3.05) is 38.2 Å². The quantitative estimate of drug-likeness (QED) is 0.574. The van der Waals surface area contributed by atoms with Crippen molar-refractivity contribution >= 4 is 21.6 Å². The van der Waals surface area contributed by atoms with E-state index in [9.17, 15) is 13.2 Å². The fraction of sp³-hybridized carbons (Fsp3) is 0.240. The maximum Gasteiger partial charge on any atom is 0.262 e. The molecule has 0 aromatic heterocycles. The first-order valence-corrected chi connectivity index (χ1v) is 12.1. The number of aryl methyl sites for hydroxylation is 1. The Morgan fingerprint density at radius 1 is 0.909 bits per heavy atom. The van der Waals surface area contributed by atoms with Crippen molar-refractivity contribution in [3.8, 4) is 16.9 Å². The molecule has 33 heavy (non-hydrogen) atoms. The molecule has 172 valence electrons. The van der Waals surface area contributed by atoms with Crippen molar-refractivity contribution in [3.05, 3.63) is 78.4 Å². The van der Waals surface area contributed by atoms with E-state index in [-0.39, 0.29) is 17.4 Å². The van der Waals surface area contributed by atoms with Gasteiger partial charge >= 0.3 is 0 Å². The SMILES string of the molecule is Cc1ccc(-c2ccc(OCC(=O)Nc3ccc(S(=O)(=O)N4CCOCC4)cc3)cc2)cc1. The monoisotopic (exact) mass is 466 g/mol. The van der Waals surface area contributed by atoms with E-state index in [0.717, 1.165) is 11.1 Å². The van der Waals surface area contributed by atoms with Gasteiger partial charge in [-0.15, -0.1) is 0 Å². The largest absolute Gasteiger partial charge is 0.484 e. The third-order valence-electron chi connectivity index (χ3n) is 5.36. The van der Waals surface area contributed by atoms with E-state index in [1.165, 1.54) is 22.0 Å². The van der Waals surface area contributed by atoms with Gasteiger partial charge in [-0.2, -0.15) is 4.31 Å². The van der Waals surface area contributed by atoms with Crippen molar-refractivity contribution in [2.24, 2.45) is 0 Å². The molecule has 1 amide bonds. The van der Waals surface area contributed by atoms with Crippen LogP contribution in [-0.4, -0.2) is 51.5 Å². The van der Waals surface area contributed by atoms with E-state index < -0.39 is 10.0 Å². The maximum absolute atomic E-state index is 12.7. The summed E-state index contributed by atoms with van der Waals surface area (Å²) < 4.78 is 37.5.